The Hall–Kier alpha value is -2.37. The van der Waals surface area contributed by atoms with Gasteiger partial charge in [-0.1, -0.05) is 0 Å². The largest absolute Gasteiger partial charge is 0.377 e. The first-order valence-electron chi connectivity index (χ1n) is 5.57. The van der Waals surface area contributed by atoms with Crippen molar-refractivity contribution < 1.29 is 4.92 Å². The SMILES string of the molecule is CC(Nc1ccc([N+](=O)[O-])cc1)c1ccnn1C. The van der Waals surface area contributed by atoms with E-state index < -0.39 is 4.92 Å². The molecular formula is C12H14N4O2. The van der Waals surface area contributed by atoms with E-state index in [0.717, 1.165) is 11.4 Å². The fourth-order valence-corrected chi connectivity index (χ4v) is 1.81. The summed E-state index contributed by atoms with van der Waals surface area (Å²) in [7, 11) is 1.88. The lowest BCUT2D eigenvalue weighted by Crippen LogP contribution is -2.11. The van der Waals surface area contributed by atoms with Crippen molar-refractivity contribution in [1.82, 2.24) is 9.78 Å². The molecule has 1 atom stereocenters. The van der Waals surface area contributed by atoms with E-state index in [1.54, 1.807) is 23.0 Å². The summed E-state index contributed by atoms with van der Waals surface area (Å²) < 4.78 is 1.79. The topological polar surface area (TPSA) is 73.0 Å². The van der Waals surface area contributed by atoms with Crippen LogP contribution >= 0.6 is 0 Å². The molecule has 1 unspecified atom stereocenters. The fraction of sp³-hybridized carbons (Fsp3) is 0.250. The summed E-state index contributed by atoms with van der Waals surface area (Å²) in [6.07, 6.45) is 1.74. The van der Waals surface area contributed by atoms with Gasteiger partial charge in [-0.25, -0.2) is 0 Å². The van der Waals surface area contributed by atoms with Gasteiger partial charge in [0.05, 0.1) is 16.7 Å². The summed E-state index contributed by atoms with van der Waals surface area (Å²) >= 11 is 0. The summed E-state index contributed by atoms with van der Waals surface area (Å²) in [4.78, 5) is 10.1. The highest BCUT2D eigenvalue weighted by Crippen LogP contribution is 2.20. The maximum absolute atomic E-state index is 10.5. The molecule has 6 heteroatoms. The van der Waals surface area contributed by atoms with Crippen molar-refractivity contribution in [3.63, 3.8) is 0 Å². The van der Waals surface area contributed by atoms with Crippen LogP contribution in [0.1, 0.15) is 18.7 Å². The molecule has 2 rings (SSSR count). The van der Waals surface area contributed by atoms with Crippen LogP contribution in [0.25, 0.3) is 0 Å². The Bertz CT molecular complexity index is 547. The molecule has 1 N–H and O–H groups in total. The number of aryl methyl sites for hydroxylation is 1. The maximum Gasteiger partial charge on any atom is 0.269 e. The van der Waals surface area contributed by atoms with Crippen molar-refractivity contribution in [3.8, 4) is 0 Å². The van der Waals surface area contributed by atoms with Crippen LogP contribution < -0.4 is 5.32 Å². The second-order valence-electron chi connectivity index (χ2n) is 4.05. The number of non-ortho nitro benzene ring substituents is 1. The molecule has 1 heterocycles. The number of hydrogen-bond acceptors (Lipinski definition) is 4. The molecule has 0 spiro atoms. The monoisotopic (exact) mass is 246 g/mol. The number of nitro benzene ring substituents is 1. The molecule has 0 bridgehead atoms. The first-order valence-corrected chi connectivity index (χ1v) is 5.57. The normalized spacial score (nSPS) is 12.1. The highest BCUT2D eigenvalue weighted by Gasteiger charge is 2.10. The Labute approximate surface area is 104 Å². The third-order valence-corrected chi connectivity index (χ3v) is 2.76. The van der Waals surface area contributed by atoms with Gasteiger partial charge in [-0.3, -0.25) is 14.8 Å². The van der Waals surface area contributed by atoms with Crippen LogP contribution in [0.4, 0.5) is 11.4 Å². The van der Waals surface area contributed by atoms with E-state index in [0.29, 0.717) is 0 Å². The maximum atomic E-state index is 10.5. The van der Waals surface area contributed by atoms with E-state index in [9.17, 15) is 10.1 Å². The van der Waals surface area contributed by atoms with Gasteiger partial charge >= 0.3 is 0 Å². The van der Waals surface area contributed by atoms with Crippen molar-refractivity contribution in [2.24, 2.45) is 7.05 Å². The zero-order valence-corrected chi connectivity index (χ0v) is 10.2. The number of nitrogens with zero attached hydrogens (tertiary/aromatic N) is 3. The molecule has 18 heavy (non-hydrogen) atoms. The first kappa shape index (κ1) is 12.1. The van der Waals surface area contributed by atoms with E-state index >= 15 is 0 Å². The van der Waals surface area contributed by atoms with Crippen LogP contribution in [0.2, 0.25) is 0 Å². The van der Waals surface area contributed by atoms with E-state index in [2.05, 4.69) is 10.4 Å². The van der Waals surface area contributed by atoms with Crippen LogP contribution in [0.5, 0.6) is 0 Å². The van der Waals surface area contributed by atoms with Crippen LogP contribution in [-0.2, 0) is 7.05 Å². The molecule has 0 saturated heterocycles. The molecule has 2 aromatic rings. The lowest BCUT2D eigenvalue weighted by Gasteiger charge is -2.15. The molecule has 0 radical (unpaired) electrons. The molecule has 1 aromatic carbocycles. The number of aromatic nitrogens is 2. The van der Waals surface area contributed by atoms with Crippen LogP contribution in [-0.4, -0.2) is 14.7 Å². The van der Waals surface area contributed by atoms with Gasteiger partial charge in [0.1, 0.15) is 0 Å². The van der Waals surface area contributed by atoms with Gasteiger partial charge in [0.15, 0.2) is 0 Å². The first-order chi connectivity index (χ1) is 8.58. The third-order valence-electron chi connectivity index (χ3n) is 2.76. The second kappa shape index (κ2) is 4.87. The molecule has 0 fully saturated rings. The van der Waals surface area contributed by atoms with Gasteiger partial charge in [0.25, 0.3) is 5.69 Å². The van der Waals surface area contributed by atoms with Crippen LogP contribution in [0.15, 0.2) is 36.5 Å². The van der Waals surface area contributed by atoms with Crippen LogP contribution in [0, 0.1) is 10.1 Å². The fourth-order valence-electron chi connectivity index (χ4n) is 1.81. The zero-order valence-electron chi connectivity index (χ0n) is 10.2. The number of nitro groups is 1. The number of rotatable bonds is 4. The predicted molar refractivity (Wildman–Crippen MR) is 68.3 cm³/mol. The van der Waals surface area contributed by atoms with Crippen molar-refractivity contribution in [3.05, 3.63) is 52.3 Å². The summed E-state index contributed by atoms with van der Waals surface area (Å²) in [5.41, 5.74) is 1.98. The minimum Gasteiger partial charge on any atom is -0.377 e. The summed E-state index contributed by atoms with van der Waals surface area (Å²) in [5, 5.41) is 17.9. The smallest absolute Gasteiger partial charge is 0.269 e. The third kappa shape index (κ3) is 2.48. The second-order valence-corrected chi connectivity index (χ2v) is 4.05. The number of benzene rings is 1. The highest BCUT2D eigenvalue weighted by atomic mass is 16.6. The van der Waals surface area contributed by atoms with Gasteiger partial charge in [-0.2, -0.15) is 5.10 Å². The number of nitrogens with one attached hydrogen (secondary N) is 1. The lowest BCUT2D eigenvalue weighted by molar-refractivity contribution is -0.384. The standard InChI is InChI=1S/C12H14N4O2/c1-9(12-7-8-13-15(12)2)14-10-3-5-11(6-4-10)16(17)18/h3-9,14H,1-2H3. The molecule has 6 nitrogen and oxygen atoms in total. The molecule has 0 amide bonds. The van der Waals surface area contributed by atoms with E-state index in [4.69, 9.17) is 0 Å². The number of hydrogen-bond donors (Lipinski definition) is 1. The summed E-state index contributed by atoms with van der Waals surface area (Å²) in [6.45, 7) is 2.01. The van der Waals surface area contributed by atoms with E-state index in [1.165, 1.54) is 12.1 Å². The molecule has 1 aromatic heterocycles. The molecular weight excluding hydrogens is 232 g/mol. The Morgan fingerprint density at radius 2 is 2.00 bits per heavy atom. The lowest BCUT2D eigenvalue weighted by atomic mass is 10.2. The van der Waals surface area contributed by atoms with Gasteiger partial charge < -0.3 is 5.32 Å². The van der Waals surface area contributed by atoms with Gasteiger partial charge in [0, 0.05) is 31.1 Å². The summed E-state index contributed by atoms with van der Waals surface area (Å²) in [5.74, 6) is 0. The van der Waals surface area contributed by atoms with Gasteiger partial charge in [-0.15, -0.1) is 0 Å². The minimum atomic E-state index is -0.408. The Balaban J connectivity index is 2.10. The predicted octanol–water partition coefficient (Wildman–Crippen LogP) is 2.50. The summed E-state index contributed by atoms with van der Waals surface area (Å²) in [6, 6.07) is 8.38. The van der Waals surface area contributed by atoms with Gasteiger partial charge in [-0.05, 0) is 25.1 Å². The van der Waals surface area contributed by atoms with Crippen molar-refractivity contribution in [2.45, 2.75) is 13.0 Å². The highest BCUT2D eigenvalue weighted by molar-refractivity contribution is 5.49. The Morgan fingerprint density at radius 1 is 1.33 bits per heavy atom. The average Bonchev–Trinajstić information content (AvgIpc) is 2.76. The zero-order chi connectivity index (χ0) is 13.1. The Morgan fingerprint density at radius 3 is 2.50 bits per heavy atom. The van der Waals surface area contributed by atoms with Crippen molar-refractivity contribution in [2.75, 3.05) is 5.32 Å². The van der Waals surface area contributed by atoms with E-state index in [1.807, 2.05) is 20.0 Å². The molecule has 94 valence electrons. The molecule has 0 saturated carbocycles. The minimum absolute atomic E-state index is 0.0824. The molecule has 0 aliphatic carbocycles. The quantitative estimate of drug-likeness (QED) is 0.664. The molecule has 0 aliphatic rings. The van der Waals surface area contributed by atoms with Crippen molar-refractivity contribution >= 4 is 11.4 Å². The number of anilines is 1. The molecule has 0 aliphatic heterocycles. The van der Waals surface area contributed by atoms with Crippen molar-refractivity contribution in [1.29, 1.82) is 0 Å². The van der Waals surface area contributed by atoms with E-state index in [-0.39, 0.29) is 11.7 Å². The van der Waals surface area contributed by atoms with Crippen LogP contribution in [0.3, 0.4) is 0 Å². The Kier molecular flexibility index (Phi) is 3.27. The average molecular weight is 246 g/mol. The van der Waals surface area contributed by atoms with Gasteiger partial charge in [0.2, 0.25) is 0 Å².